The third kappa shape index (κ3) is 3.86. The molecule has 2 heterocycles. The summed E-state index contributed by atoms with van der Waals surface area (Å²) in [6.07, 6.45) is -4.58. The first-order chi connectivity index (χ1) is 12.5. The molecule has 8 nitrogen and oxygen atoms in total. The van der Waals surface area contributed by atoms with Gasteiger partial charge in [0, 0.05) is 11.8 Å². The lowest BCUT2D eigenvalue weighted by atomic mass is 9.97. The van der Waals surface area contributed by atoms with E-state index in [0.29, 0.717) is 11.1 Å². The number of hydrogen-bond donors (Lipinski definition) is 3. The monoisotopic (exact) mass is 402 g/mol. The van der Waals surface area contributed by atoms with Crippen molar-refractivity contribution in [2.75, 3.05) is 11.6 Å². The number of aliphatic hydroxyl groups excluding tert-OH is 1. The average molecular weight is 402 g/mol. The number of aromatic nitrogens is 1. The van der Waals surface area contributed by atoms with Crippen LogP contribution in [0.1, 0.15) is 15.9 Å². The van der Waals surface area contributed by atoms with Crippen LogP contribution in [0.2, 0.25) is 0 Å². The second kappa shape index (κ2) is 6.48. The number of alkyl halides is 3. The van der Waals surface area contributed by atoms with Crippen LogP contribution in [-0.4, -0.2) is 42.0 Å². The van der Waals surface area contributed by atoms with Gasteiger partial charge in [0.2, 0.25) is 16.4 Å². The van der Waals surface area contributed by atoms with Crippen LogP contribution in [0.25, 0.3) is 11.3 Å². The van der Waals surface area contributed by atoms with Crippen molar-refractivity contribution in [3.63, 3.8) is 0 Å². The van der Waals surface area contributed by atoms with Gasteiger partial charge in [-0.25, -0.2) is 13.4 Å². The lowest BCUT2D eigenvalue weighted by molar-refractivity contribution is -0.137. The Kier molecular flexibility index (Phi) is 4.57. The Hall–Kier alpha value is -2.70. The fraction of sp³-hybridized carbons (Fsp3) is 0.200. The normalized spacial score (nSPS) is 17.4. The van der Waals surface area contributed by atoms with Crippen molar-refractivity contribution in [1.29, 1.82) is 0 Å². The predicted octanol–water partition coefficient (Wildman–Crippen LogP) is 1.38. The van der Waals surface area contributed by atoms with E-state index in [0.717, 1.165) is 12.3 Å². The first kappa shape index (κ1) is 19.1. The van der Waals surface area contributed by atoms with Gasteiger partial charge < -0.3 is 10.4 Å². The Morgan fingerprint density at radius 2 is 1.96 bits per heavy atom. The number of benzene rings is 1. The van der Waals surface area contributed by atoms with E-state index < -0.39 is 34.0 Å². The zero-order chi connectivity index (χ0) is 20.0. The molecule has 0 radical (unpaired) electrons. The molecule has 12 heteroatoms. The van der Waals surface area contributed by atoms with Gasteiger partial charge >= 0.3 is 6.18 Å². The summed E-state index contributed by atoms with van der Waals surface area (Å²) in [5.74, 6) is -1.02. The van der Waals surface area contributed by atoms with Crippen LogP contribution in [0.3, 0.4) is 0 Å². The maximum Gasteiger partial charge on any atom is 0.417 e. The molecule has 0 bridgehead atoms. The minimum Gasteiger partial charge on any atom is -0.355 e. The lowest BCUT2D eigenvalue weighted by Crippen LogP contribution is -2.57. The number of sulfonamides is 1. The van der Waals surface area contributed by atoms with E-state index in [1.165, 1.54) is 24.4 Å². The van der Waals surface area contributed by atoms with Gasteiger partial charge in [0.05, 0.1) is 28.8 Å². The van der Waals surface area contributed by atoms with Crippen LogP contribution in [0, 0.1) is 0 Å². The molecule has 3 rings (SSSR count). The predicted molar refractivity (Wildman–Crippen MR) is 88.5 cm³/mol. The largest absolute Gasteiger partial charge is 0.417 e. The third-order valence-corrected chi connectivity index (χ3v) is 4.17. The lowest BCUT2D eigenvalue weighted by Gasteiger charge is -2.34. The molecule has 27 heavy (non-hydrogen) atoms. The fourth-order valence-corrected chi connectivity index (χ4v) is 3.12. The Morgan fingerprint density at radius 3 is 2.52 bits per heavy atom. The number of hydrazine groups is 1. The number of fused-ring (bicyclic) bond motifs is 1. The summed E-state index contributed by atoms with van der Waals surface area (Å²) in [4.78, 5) is 18.2. The summed E-state index contributed by atoms with van der Waals surface area (Å²) < 4.78 is 63.2. The molecule has 1 aromatic heterocycles. The summed E-state index contributed by atoms with van der Waals surface area (Å²) in [6.45, 7) is 0. The van der Waals surface area contributed by atoms with Gasteiger partial charge in [-0.05, 0) is 24.3 Å². The molecule has 144 valence electrons. The van der Waals surface area contributed by atoms with Gasteiger partial charge in [0.15, 0.2) is 0 Å². The van der Waals surface area contributed by atoms with E-state index in [4.69, 9.17) is 0 Å². The van der Waals surface area contributed by atoms with Crippen LogP contribution in [0.5, 0.6) is 0 Å². The van der Waals surface area contributed by atoms with E-state index >= 15 is 0 Å². The fourth-order valence-electron chi connectivity index (χ4n) is 2.58. The third-order valence-electron chi connectivity index (χ3n) is 3.65. The quantitative estimate of drug-likeness (QED) is 0.715. The van der Waals surface area contributed by atoms with Crippen molar-refractivity contribution in [2.45, 2.75) is 12.5 Å². The number of aliphatic hydroxyl groups is 1. The van der Waals surface area contributed by atoms with E-state index in [1.54, 1.807) is 0 Å². The molecule has 3 N–H and O–H groups in total. The van der Waals surface area contributed by atoms with E-state index in [9.17, 15) is 31.5 Å². The summed E-state index contributed by atoms with van der Waals surface area (Å²) in [7, 11) is -3.92. The smallest absolute Gasteiger partial charge is 0.355 e. The SMILES string of the molecule is CS(=O)(=O)NN1C(=O)c2cc(-c3ccccn3)c(C(F)(F)F)cc2NC1O. The van der Waals surface area contributed by atoms with Gasteiger partial charge in [0.25, 0.3) is 5.91 Å². The van der Waals surface area contributed by atoms with E-state index in [-0.39, 0.29) is 22.5 Å². The van der Waals surface area contributed by atoms with Crippen molar-refractivity contribution in [3.05, 3.63) is 47.7 Å². The van der Waals surface area contributed by atoms with Gasteiger partial charge in [-0.15, -0.1) is 4.83 Å². The molecule has 1 unspecified atom stereocenters. The minimum atomic E-state index is -4.75. The number of halogens is 3. The molecular formula is C15H13F3N4O4S. The Bertz CT molecular complexity index is 996. The maximum atomic E-state index is 13.5. The number of pyridine rings is 1. The van der Waals surface area contributed by atoms with Crippen LogP contribution < -0.4 is 10.1 Å². The summed E-state index contributed by atoms with van der Waals surface area (Å²) >= 11 is 0. The number of rotatable bonds is 3. The van der Waals surface area contributed by atoms with Crippen LogP contribution >= 0.6 is 0 Å². The van der Waals surface area contributed by atoms with Crippen molar-refractivity contribution in [1.82, 2.24) is 14.8 Å². The standard InChI is InChI=1S/C15H13F3N4O4S/c1-27(25,26)21-22-13(23)9-6-8(11-4-2-3-5-19-11)10(15(16,17)18)7-12(9)20-14(22)24/h2-7,14,20-21,24H,1H3. The number of amides is 1. The number of anilines is 1. The maximum absolute atomic E-state index is 13.5. The number of nitrogens with zero attached hydrogens (tertiary/aromatic N) is 2. The minimum absolute atomic E-state index is 0.0193. The molecule has 2 aromatic rings. The molecule has 1 aliphatic rings. The number of nitrogens with one attached hydrogen (secondary N) is 2. The van der Waals surface area contributed by atoms with Crippen LogP contribution in [0.15, 0.2) is 36.5 Å². The van der Waals surface area contributed by atoms with Crippen LogP contribution in [-0.2, 0) is 16.2 Å². The Morgan fingerprint density at radius 1 is 1.26 bits per heavy atom. The van der Waals surface area contributed by atoms with Gasteiger partial charge in [-0.3, -0.25) is 9.78 Å². The molecule has 0 saturated heterocycles. The molecule has 0 aliphatic carbocycles. The van der Waals surface area contributed by atoms with Crippen molar-refractivity contribution >= 4 is 21.6 Å². The summed E-state index contributed by atoms with van der Waals surface area (Å²) in [5.41, 5.74) is -1.98. The van der Waals surface area contributed by atoms with E-state index in [1.807, 2.05) is 4.83 Å². The van der Waals surface area contributed by atoms with Crippen molar-refractivity contribution < 1.29 is 31.5 Å². The van der Waals surface area contributed by atoms with Gasteiger partial charge in [0.1, 0.15) is 0 Å². The molecule has 1 amide bonds. The summed E-state index contributed by atoms with van der Waals surface area (Å²) in [6, 6.07) is 6.00. The molecule has 0 saturated carbocycles. The molecular weight excluding hydrogens is 389 g/mol. The second-order valence-corrected chi connectivity index (χ2v) is 7.44. The highest BCUT2D eigenvalue weighted by Gasteiger charge is 2.39. The molecule has 0 fully saturated rings. The topological polar surface area (TPSA) is 112 Å². The van der Waals surface area contributed by atoms with Crippen LogP contribution in [0.4, 0.5) is 18.9 Å². The van der Waals surface area contributed by atoms with Crippen molar-refractivity contribution in [2.24, 2.45) is 0 Å². The molecule has 1 aromatic carbocycles. The van der Waals surface area contributed by atoms with Gasteiger partial charge in [-0.1, -0.05) is 6.07 Å². The molecule has 0 spiro atoms. The zero-order valence-corrected chi connectivity index (χ0v) is 14.5. The van der Waals surface area contributed by atoms with E-state index in [2.05, 4.69) is 10.3 Å². The first-order valence-electron chi connectivity index (χ1n) is 7.39. The highest BCUT2D eigenvalue weighted by molar-refractivity contribution is 7.88. The zero-order valence-electron chi connectivity index (χ0n) is 13.6. The second-order valence-electron chi connectivity index (χ2n) is 5.71. The molecule has 1 aliphatic heterocycles. The highest BCUT2D eigenvalue weighted by atomic mass is 32.2. The Balaban J connectivity index is 2.18. The first-order valence-corrected chi connectivity index (χ1v) is 9.29. The summed E-state index contributed by atoms with van der Waals surface area (Å²) in [5, 5.41) is 12.5. The number of carbonyl (C=O) groups excluding carboxylic acids is 1. The van der Waals surface area contributed by atoms with Crippen molar-refractivity contribution in [3.8, 4) is 11.3 Å². The Labute approximate surface area is 151 Å². The average Bonchev–Trinajstić information content (AvgIpc) is 2.57. The number of carbonyl (C=O) groups is 1. The number of hydrogen-bond acceptors (Lipinski definition) is 6. The highest BCUT2D eigenvalue weighted by Crippen LogP contribution is 2.40. The van der Waals surface area contributed by atoms with Gasteiger partial charge in [-0.2, -0.15) is 13.2 Å². The molecule has 1 atom stereocenters.